The lowest BCUT2D eigenvalue weighted by molar-refractivity contribution is -0.137. The van der Waals surface area contributed by atoms with E-state index in [-0.39, 0.29) is 30.7 Å². The van der Waals surface area contributed by atoms with Gasteiger partial charge in [0.05, 0.1) is 23.2 Å². The van der Waals surface area contributed by atoms with Gasteiger partial charge in [-0.05, 0) is 25.1 Å². The van der Waals surface area contributed by atoms with Crippen LogP contribution in [0.25, 0.3) is 0 Å². The number of alkyl halides is 3. The molecule has 1 aliphatic rings. The highest BCUT2D eigenvalue weighted by Gasteiger charge is 2.34. The molecule has 1 aliphatic heterocycles. The fraction of sp³-hybridized carbons (Fsp3) is 0.500. The first-order chi connectivity index (χ1) is 9.21. The standard InChI is InChI=1S/C12H14F3NO3S/c1-9-8-16(5-6-19-9)20(17,18)11-4-2-3-10(7-11)12(13,14)15/h2-4,7,9H,5-6,8H2,1H3. The monoisotopic (exact) mass is 309 g/mol. The Labute approximate surface area is 115 Å². The highest BCUT2D eigenvalue weighted by molar-refractivity contribution is 7.89. The first-order valence-electron chi connectivity index (χ1n) is 6.00. The Hall–Kier alpha value is -1.12. The van der Waals surface area contributed by atoms with E-state index in [0.717, 1.165) is 16.4 Å². The van der Waals surface area contributed by atoms with Crippen LogP contribution in [-0.4, -0.2) is 38.5 Å². The molecule has 0 radical (unpaired) electrons. The van der Waals surface area contributed by atoms with E-state index in [1.165, 1.54) is 6.07 Å². The fourth-order valence-corrected chi connectivity index (χ4v) is 3.53. The van der Waals surface area contributed by atoms with Crippen molar-refractivity contribution in [3.63, 3.8) is 0 Å². The molecule has 1 aromatic rings. The molecule has 1 atom stereocenters. The SMILES string of the molecule is CC1CN(S(=O)(=O)c2cccc(C(F)(F)F)c2)CCO1. The van der Waals surface area contributed by atoms with Crippen molar-refractivity contribution in [1.82, 2.24) is 4.31 Å². The van der Waals surface area contributed by atoms with Crippen LogP contribution in [0.1, 0.15) is 12.5 Å². The number of benzene rings is 1. The van der Waals surface area contributed by atoms with Gasteiger partial charge in [-0.15, -0.1) is 0 Å². The topological polar surface area (TPSA) is 46.6 Å². The maximum Gasteiger partial charge on any atom is 0.416 e. The Morgan fingerprint density at radius 2 is 2.05 bits per heavy atom. The fourth-order valence-electron chi connectivity index (χ4n) is 1.99. The molecule has 2 rings (SSSR count). The van der Waals surface area contributed by atoms with E-state index in [4.69, 9.17) is 4.74 Å². The van der Waals surface area contributed by atoms with Gasteiger partial charge >= 0.3 is 6.18 Å². The van der Waals surface area contributed by atoms with Crippen LogP contribution >= 0.6 is 0 Å². The molecule has 1 aromatic carbocycles. The Bertz CT molecular complexity index is 586. The van der Waals surface area contributed by atoms with Crippen molar-refractivity contribution >= 4 is 10.0 Å². The van der Waals surface area contributed by atoms with E-state index in [2.05, 4.69) is 0 Å². The van der Waals surface area contributed by atoms with Crippen LogP contribution in [0.3, 0.4) is 0 Å². The van der Waals surface area contributed by atoms with Gasteiger partial charge in [0.1, 0.15) is 0 Å². The Morgan fingerprint density at radius 3 is 2.65 bits per heavy atom. The molecule has 0 spiro atoms. The molecule has 1 unspecified atom stereocenters. The van der Waals surface area contributed by atoms with E-state index in [1.807, 2.05) is 0 Å². The molecule has 112 valence electrons. The van der Waals surface area contributed by atoms with E-state index >= 15 is 0 Å². The van der Waals surface area contributed by atoms with Crippen LogP contribution in [0.15, 0.2) is 29.2 Å². The van der Waals surface area contributed by atoms with Crippen LogP contribution in [-0.2, 0) is 20.9 Å². The van der Waals surface area contributed by atoms with Crippen LogP contribution in [0.4, 0.5) is 13.2 Å². The van der Waals surface area contributed by atoms with Crippen molar-refractivity contribution < 1.29 is 26.3 Å². The second kappa shape index (κ2) is 5.34. The van der Waals surface area contributed by atoms with E-state index in [9.17, 15) is 21.6 Å². The highest BCUT2D eigenvalue weighted by atomic mass is 32.2. The molecule has 8 heteroatoms. The molecule has 0 N–H and O–H groups in total. The normalized spacial score (nSPS) is 21.9. The zero-order chi connectivity index (χ0) is 15.0. The van der Waals surface area contributed by atoms with E-state index in [0.29, 0.717) is 6.07 Å². The lowest BCUT2D eigenvalue weighted by Crippen LogP contribution is -2.44. The van der Waals surface area contributed by atoms with Crippen molar-refractivity contribution in [3.8, 4) is 0 Å². The smallest absolute Gasteiger partial charge is 0.376 e. The average Bonchev–Trinajstić information content (AvgIpc) is 2.38. The summed E-state index contributed by atoms with van der Waals surface area (Å²) in [4.78, 5) is -0.346. The largest absolute Gasteiger partial charge is 0.416 e. The number of sulfonamides is 1. The Kier molecular flexibility index (Phi) is 4.08. The van der Waals surface area contributed by atoms with E-state index in [1.54, 1.807) is 6.92 Å². The van der Waals surface area contributed by atoms with Gasteiger partial charge in [0.25, 0.3) is 0 Å². The maximum atomic E-state index is 12.6. The van der Waals surface area contributed by atoms with Crippen molar-refractivity contribution in [2.24, 2.45) is 0 Å². The third-order valence-electron chi connectivity index (χ3n) is 3.00. The third-order valence-corrected chi connectivity index (χ3v) is 4.86. The first kappa shape index (κ1) is 15.3. The summed E-state index contributed by atoms with van der Waals surface area (Å²) in [5.74, 6) is 0. The predicted molar refractivity (Wildman–Crippen MR) is 65.6 cm³/mol. The number of hydrogen-bond donors (Lipinski definition) is 0. The summed E-state index contributed by atoms with van der Waals surface area (Å²) in [5.41, 5.74) is -0.972. The predicted octanol–water partition coefficient (Wildman–Crippen LogP) is 2.11. The molecular weight excluding hydrogens is 295 g/mol. The second-order valence-electron chi connectivity index (χ2n) is 4.57. The van der Waals surface area contributed by atoms with Crippen molar-refractivity contribution in [3.05, 3.63) is 29.8 Å². The minimum Gasteiger partial charge on any atom is -0.376 e. The molecule has 0 amide bonds. The first-order valence-corrected chi connectivity index (χ1v) is 7.44. The summed E-state index contributed by atoms with van der Waals surface area (Å²) < 4.78 is 68.9. The quantitative estimate of drug-likeness (QED) is 0.840. The molecule has 0 saturated carbocycles. The average molecular weight is 309 g/mol. The Morgan fingerprint density at radius 1 is 1.35 bits per heavy atom. The summed E-state index contributed by atoms with van der Waals surface area (Å²) >= 11 is 0. The van der Waals surface area contributed by atoms with Crippen LogP contribution in [0.2, 0.25) is 0 Å². The molecule has 0 bridgehead atoms. The molecule has 1 fully saturated rings. The van der Waals surface area contributed by atoms with E-state index < -0.39 is 21.8 Å². The molecule has 0 aromatic heterocycles. The lowest BCUT2D eigenvalue weighted by atomic mass is 10.2. The van der Waals surface area contributed by atoms with Gasteiger partial charge in [0.15, 0.2) is 0 Å². The van der Waals surface area contributed by atoms with Crippen LogP contribution in [0, 0.1) is 0 Å². The maximum absolute atomic E-state index is 12.6. The van der Waals surface area contributed by atoms with Crippen molar-refractivity contribution in [1.29, 1.82) is 0 Å². The zero-order valence-corrected chi connectivity index (χ0v) is 11.5. The zero-order valence-electron chi connectivity index (χ0n) is 10.7. The summed E-state index contributed by atoms with van der Waals surface area (Å²) in [6.07, 6.45) is -4.84. The second-order valence-corrected chi connectivity index (χ2v) is 6.51. The molecule has 0 aliphatic carbocycles. The Balaban J connectivity index is 2.34. The van der Waals surface area contributed by atoms with Crippen LogP contribution < -0.4 is 0 Å². The molecular formula is C12H14F3NO3S. The van der Waals surface area contributed by atoms with Gasteiger partial charge in [-0.25, -0.2) is 8.42 Å². The molecule has 20 heavy (non-hydrogen) atoms. The summed E-state index contributed by atoms with van der Waals surface area (Å²) in [7, 11) is -3.92. The van der Waals surface area contributed by atoms with Gasteiger partial charge in [-0.3, -0.25) is 0 Å². The number of hydrogen-bond acceptors (Lipinski definition) is 3. The summed E-state index contributed by atoms with van der Waals surface area (Å²) in [6.45, 7) is 2.23. The number of ether oxygens (including phenoxy) is 1. The number of morpholine rings is 1. The summed E-state index contributed by atoms with van der Waals surface area (Å²) in [5, 5.41) is 0. The van der Waals surface area contributed by atoms with Gasteiger partial charge in [-0.2, -0.15) is 17.5 Å². The minimum atomic E-state index is -4.57. The minimum absolute atomic E-state index is 0.137. The molecule has 4 nitrogen and oxygen atoms in total. The van der Waals surface area contributed by atoms with Crippen molar-refractivity contribution in [2.45, 2.75) is 24.1 Å². The molecule has 1 saturated heterocycles. The summed E-state index contributed by atoms with van der Waals surface area (Å²) in [6, 6.07) is 3.78. The van der Waals surface area contributed by atoms with Gasteiger partial charge < -0.3 is 4.74 Å². The molecule has 1 heterocycles. The third kappa shape index (κ3) is 3.13. The van der Waals surface area contributed by atoms with Crippen molar-refractivity contribution in [2.75, 3.05) is 19.7 Å². The van der Waals surface area contributed by atoms with Crippen LogP contribution in [0.5, 0.6) is 0 Å². The number of nitrogens with zero attached hydrogens (tertiary/aromatic N) is 1. The number of rotatable bonds is 2. The van der Waals surface area contributed by atoms with Gasteiger partial charge in [0, 0.05) is 13.1 Å². The van der Waals surface area contributed by atoms with Gasteiger partial charge in [-0.1, -0.05) is 6.07 Å². The number of halogens is 3. The van der Waals surface area contributed by atoms with Gasteiger partial charge in [0.2, 0.25) is 10.0 Å². The highest BCUT2D eigenvalue weighted by Crippen LogP contribution is 2.31. The lowest BCUT2D eigenvalue weighted by Gasteiger charge is -2.30.